The minimum atomic E-state index is -3.80. The molecule has 2 heterocycles. The van der Waals surface area contributed by atoms with Gasteiger partial charge in [-0.05, 0) is 37.8 Å². The zero-order valence-electron chi connectivity index (χ0n) is 17.3. The highest BCUT2D eigenvalue weighted by Gasteiger charge is 2.29. The molecule has 3 rings (SSSR count). The number of ether oxygens (including phenoxy) is 1. The largest absolute Gasteiger partial charge is 0.486 e. The quantitative estimate of drug-likeness (QED) is 0.536. The molecule has 0 saturated carbocycles. The van der Waals surface area contributed by atoms with Crippen molar-refractivity contribution in [2.75, 3.05) is 26.8 Å². The molecule has 1 aliphatic heterocycles. The summed E-state index contributed by atoms with van der Waals surface area (Å²) in [4.78, 5) is 12.4. The Morgan fingerprint density at radius 3 is 2.32 bits per heavy atom. The zero-order chi connectivity index (χ0) is 22.6. The monoisotopic (exact) mass is 471 g/mol. The molecule has 170 valence electrons. The summed E-state index contributed by atoms with van der Waals surface area (Å²) in [6, 6.07) is 7.83. The summed E-state index contributed by atoms with van der Waals surface area (Å²) in [7, 11) is -6.30. The SMILES string of the molecule is COS(=O)(=O)Cc1cc(=O)c(OCC2CCN(S(=O)(=O)c3ccc(C)cc3)CC2)co1. The van der Waals surface area contributed by atoms with Crippen LogP contribution in [0.25, 0.3) is 0 Å². The summed E-state index contributed by atoms with van der Waals surface area (Å²) in [6.07, 6.45) is 2.28. The van der Waals surface area contributed by atoms with E-state index in [1.807, 2.05) is 6.92 Å². The molecule has 0 bridgehead atoms. The third kappa shape index (κ3) is 5.94. The molecule has 2 aromatic rings. The summed E-state index contributed by atoms with van der Waals surface area (Å²) in [5.74, 6) is -0.535. The van der Waals surface area contributed by atoms with E-state index in [4.69, 9.17) is 9.15 Å². The molecule has 1 aliphatic rings. The topological polar surface area (TPSA) is 120 Å². The van der Waals surface area contributed by atoms with Crippen molar-refractivity contribution >= 4 is 20.1 Å². The smallest absolute Gasteiger partial charge is 0.274 e. The van der Waals surface area contributed by atoms with Gasteiger partial charge in [0.05, 0.1) is 18.6 Å². The first-order valence-electron chi connectivity index (χ1n) is 9.70. The van der Waals surface area contributed by atoms with Crippen molar-refractivity contribution < 1.29 is 30.2 Å². The van der Waals surface area contributed by atoms with E-state index in [-0.39, 0.29) is 28.9 Å². The molecule has 0 spiro atoms. The van der Waals surface area contributed by atoms with Gasteiger partial charge in [0.25, 0.3) is 10.1 Å². The van der Waals surface area contributed by atoms with Crippen molar-refractivity contribution in [1.82, 2.24) is 4.31 Å². The highest BCUT2D eigenvalue weighted by atomic mass is 32.2. The second-order valence-electron chi connectivity index (χ2n) is 7.42. The first-order valence-corrected chi connectivity index (χ1v) is 12.7. The fraction of sp³-hybridized carbons (Fsp3) is 0.450. The van der Waals surface area contributed by atoms with Gasteiger partial charge >= 0.3 is 0 Å². The van der Waals surface area contributed by atoms with E-state index in [0.717, 1.165) is 25.0 Å². The molecule has 1 fully saturated rings. The highest BCUT2D eigenvalue weighted by molar-refractivity contribution is 7.89. The maximum absolute atomic E-state index is 12.8. The molecule has 9 nitrogen and oxygen atoms in total. The van der Waals surface area contributed by atoms with E-state index in [1.54, 1.807) is 24.3 Å². The van der Waals surface area contributed by atoms with Crippen LogP contribution in [-0.2, 0) is 30.1 Å². The summed E-state index contributed by atoms with van der Waals surface area (Å²) >= 11 is 0. The minimum Gasteiger partial charge on any atom is -0.486 e. The normalized spacial score (nSPS) is 16.3. The lowest BCUT2D eigenvalue weighted by Gasteiger charge is -2.31. The van der Waals surface area contributed by atoms with Crippen LogP contribution < -0.4 is 10.2 Å². The lowest BCUT2D eigenvalue weighted by Crippen LogP contribution is -2.39. The van der Waals surface area contributed by atoms with Gasteiger partial charge in [0, 0.05) is 19.2 Å². The fourth-order valence-electron chi connectivity index (χ4n) is 3.24. The summed E-state index contributed by atoms with van der Waals surface area (Å²) in [5, 5.41) is 0. The molecule has 0 N–H and O–H groups in total. The van der Waals surface area contributed by atoms with Crippen LogP contribution in [0.2, 0.25) is 0 Å². The Bertz CT molecular complexity index is 1160. The van der Waals surface area contributed by atoms with Crippen molar-refractivity contribution in [1.29, 1.82) is 0 Å². The average Bonchev–Trinajstić information content (AvgIpc) is 2.73. The summed E-state index contributed by atoms with van der Waals surface area (Å²) in [5.41, 5.74) is 0.500. The highest BCUT2D eigenvalue weighted by Crippen LogP contribution is 2.24. The van der Waals surface area contributed by atoms with Gasteiger partial charge < -0.3 is 9.15 Å². The number of hydrogen-bond donors (Lipinski definition) is 0. The number of rotatable bonds is 8. The van der Waals surface area contributed by atoms with Crippen molar-refractivity contribution in [3.8, 4) is 5.75 Å². The lowest BCUT2D eigenvalue weighted by atomic mass is 9.99. The molecule has 1 aromatic heterocycles. The summed E-state index contributed by atoms with van der Waals surface area (Å²) in [6.45, 7) is 2.87. The number of nitrogens with zero attached hydrogens (tertiary/aromatic N) is 1. The average molecular weight is 472 g/mol. The molecule has 0 aliphatic carbocycles. The Morgan fingerprint density at radius 2 is 1.74 bits per heavy atom. The predicted octanol–water partition coefficient (Wildman–Crippen LogP) is 1.90. The third-order valence-corrected chi connectivity index (χ3v) is 8.19. The molecule has 11 heteroatoms. The second kappa shape index (κ2) is 9.51. The molecular weight excluding hydrogens is 446 g/mol. The van der Waals surface area contributed by atoms with Crippen molar-refractivity contribution in [2.24, 2.45) is 5.92 Å². The summed E-state index contributed by atoms with van der Waals surface area (Å²) < 4.78 is 64.9. The Hall–Kier alpha value is -2.21. The number of piperidine rings is 1. The number of hydrogen-bond acceptors (Lipinski definition) is 8. The molecular formula is C20H25NO8S2. The van der Waals surface area contributed by atoms with Crippen molar-refractivity contribution in [3.63, 3.8) is 0 Å². The second-order valence-corrected chi connectivity index (χ2v) is 11.1. The predicted molar refractivity (Wildman–Crippen MR) is 113 cm³/mol. The van der Waals surface area contributed by atoms with Crippen LogP contribution in [0.5, 0.6) is 5.75 Å². The van der Waals surface area contributed by atoms with Gasteiger partial charge in [-0.25, -0.2) is 8.42 Å². The molecule has 0 amide bonds. The van der Waals surface area contributed by atoms with Crippen LogP contribution in [0.3, 0.4) is 0 Å². The van der Waals surface area contributed by atoms with E-state index < -0.39 is 31.3 Å². The van der Waals surface area contributed by atoms with E-state index in [2.05, 4.69) is 4.18 Å². The fourth-order valence-corrected chi connectivity index (χ4v) is 5.32. The van der Waals surface area contributed by atoms with Crippen LogP contribution in [0.15, 0.2) is 50.7 Å². The lowest BCUT2D eigenvalue weighted by molar-refractivity contribution is 0.181. The Labute approximate surface area is 181 Å². The van der Waals surface area contributed by atoms with Gasteiger partial charge in [-0.1, -0.05) is 17.7 Å². The third-order valence-electron chi connectivity index (χ3n) is 5.13. The van der Waals surface area contributed by atoms with Gasteiger partial charge in [0.2, 0.25) is 21.2 Å². The number of benzene rings is 1. The maximum Gasteiger partial charge on any atom is 0.274 e. The molecule has 1 aromatic carbocycles. The number of sulfonamides is 1. The van der Waals surface area contributed by atoms with Crippen LogP contribution in [0, 0.1) is 12.8 Å². The van der Waals surface area contributed by atoms with E-state index in [0.29, 0.717) is 25.9 Å². The minimum absolute atomic E-state index is 0.0201. The standard InChI is InChI=1S/C20H25NO8S2/c1-15-3-5-18(6-4-15)31(25,26)21-9-7-16(8-10-21)12-29-20-13-28-17(11-19(20)22)14-30(23,24)27-2/h3-6,11,13,16H,7-10,12,14H2,1-2H3. The van der Waals surface area contributed by atoms with E-state index in [1.165, 1.54) is 4.31 Å². The molecule has 31 heavy (non-hydrogen) atoms. The van der Waals surface area contributed by atoms with Crippen LogP contribution in [0.1, 0.15) is 24.2 Å². The number of aryl methyl sites for hydroxylation is 1. The molecule has 1 saturated heterocycles. The van der Waals surface area contributed by atoms with Crippen LogP contribution >= 0.6 is 0 Å². The van der Waals surface area contributed by atoms with E-state index in [9.17, 15) is 21.6 Å². The Morgan fingerprint density at radius 1 is 1.10 bits per heavy atom. The zero-order valence-corrected chi connectivity index (χ0v) is 18.9. The molecule has 0 atom stereocenters. The van der Waals surface area contributed by atoms with Gasteiger partial charge in [-0.15, -0.1) is 0 Å². The molecule has 0 unspecified atom stereocenters. The van der Waals surface area contributed by atoms with Crippen LogP contribution in [-0.4, -0.2) is 47.9 Å². The first kappa shape index (κ1) is 23.5. The first-order chi connectivity index (χ1) is 14.6. The van der Waals surface area contributed by atoms with Gasteiger partial charge in [0.1, 0.15) is 17.8 Å². The Balaban J connectivity index is 1.55. The van der Waals surface area contributed by atoms with Crippen molar-refractivity contribution in [2.45, 2.75) is 30.4 Å². The van der Waals surface area contributed by atoms with Gasteiger partial charge in [-0.3, -0.25) is 8.98 Å². The van der Waals surface area contributed by atoms with Gasteiger partial charge in [0.15, 0.2) is 0 Å². The maximum atomic E-state index is 12.8. The van der Waals surface area contributed by atoms with E-state index >= 15 is 0 Å². The van der Waals surface area contributed by atoms with Crippen LogP contribution in [0.4, 0.5) is 0 Å². The molecule has 0 radical (unpaired) electrons. The van der Waals surface area contributed by atoms with Gasteiger partial charge in [-0.2, -0.15) is 12.7 Å². The Kier molecular flexibility index (Phi) is 7.20. The van der Waals surface area contributed by atoms with Crippen molar-refractivity contribution in [3.05, 3.63) is 58.1 Å².